The largest absolute Gasteiger partial charge is 0.488 e. The van der Waals surface area contributed by atoms with Crippen LogP contribution in [0.2, 0.25) is 5.02 Å². The van der Waals surface area contributed by atoms with E-state index in [-0.39, 0.29) is 18.0 Å². The number of hydrogen-bond donors (Lipinski definition) is 1. The van der Waals surface area contributed by atoms with Crippen LogP contribution in [0.5, 0.6) is 5.75 Å². The summed E-state index contributed by atoms with van der Waals surface area (Å²) in [5, 5.41) is 12.7. The molecule has 3 rings (SSSR count). The summed E-state index contributed by atoms with van der Waals surface area (Å²) in [6.07, 6.45) is 1.41. The molecule has 0 aliphatic heterocycles. The van der Waals surface area contributed by atoms with Gasteiger partial charge in [0, 0.05) is 21.8 Å². The van der Waals surface area contributed by atoms with E-state index in [1.165, 1.54) is 12.1 Å². The molecule has 3 aromatic rings. The Morgan fingerprint density at radius 2 is 1.94 bits per heavy atom. The van der Waals surface area contributed by atoms with Crippen molar-refractivity contribution in [2.45, 2.75) is 20.5 Å². The summed E-state index contributed by atoms with van der Waals surface area (Å²) in [6, 6.07) is 18.6. The third-order valence-corrected chi connectivity index (χ3v) is 5.07. The van der Waals surface area contributed by atoms with E-state index in [1.54, 1.807) is 42.5 Å². The summed E-state index contributed by atoms with van der Waals surface area (Å²) in [7, 11) is 0. The van der Waals surface area contributed by atoms with Gasteiger partial charge in [-0.1, -0.05) is 41.9 Å². The molecular formula is C25H20ClFN2O2. The van der Waals surface area contributed by atoms with Gasteiger partial charge in [-0.05, 0) is 61.4 Å². The van der Waals surface area contributed by atoms with Gasteiger partial charge < -0.3 is 10.1 Å². The van der Waals surface area contributed by atoms with E-state index in [4.69, 9.17) is 16.3 Å². The standard InChI is InChI=1S/C25H20ClFN2O2/c1-16-6-5-9-23(17(16)2)29-25(30)20(14-28)12-19-13-21(26)10-11-24(19)31-15-18-7-3-4-8-22(18)27/h3-13H,15H2,1-2H3,(H,29,30)/b20-12+. The Labute approximate surface area is 185 Å². The lowest BCUT2D eigenvalue weighted by molar-refractivity contribution is -0.112. The van der Waals surface area contributed by atoms with E-state index in [9.17, 15) is 14.4 Å². The van der Waals surface area contributed by atoms with Gasteiger partial charge in [0.2, 0.25) is 0 Å². The minimum Gasteiger partial charge on any atom is -0.488 e. The number of benzene rings is 3. The van der Waals surface area contributed by atoms with Crippen LogP contribution in [0.4, 0.5) is 10.1 Å². The van der Waals surface area contributed by atoms with Gasteiger partial charge in [-0.3, -0.25) is 4.79 Å². The fourth-order valence-corrected chi connectivity index (χ4v) is 3.10. The van der Waals surface area contributed by atoms with Crippen LogP contribution in [0, 0.1) is 31.0 Å². The second-order valence-electron chi connectivity index (χ2n) is 6.93. The number of nitrogens with one attached hydrogen (secondary N) is 1. The summed E-state index contributed by atoms with van der Waals surface area (Å²) in [6.45, 7) is 3.83. The number of nitriles is 1. The third kappa shape index (κ3) is 5.50. The number of aryl methyl sites for hydroxylation is 1. The van der Waals surface area contributed by atoms with E-state index < -0.39 is 5.91 Å². The highest BCUT2D eigenvalue weighted by atomic mass is 35.5. The van der Waals surface area contributed by atoms with Crippen molar-refractivity contribution in [1.29, 1.82) is 5.26 Å². The maximum Gasteiger partial charge on any atom is 0.266 e. The number of ether oxygens (including phenoxy) is 1. The van der Waals surface area contributed by atoms with Crippen molar-refractivity contribution in [2.24, 2.45) is 0 Å². The van der Waals surface area contributed by atoms with Gasteiger partial charge in [0.15, 0.2) is 0 Å². The van der Waals surface area contributed by atoms with Crippen molar-refractivity contribution in [3.63, 3.8) is 0 Å². The fourth-order valence-electron chi connectivity index (χ4n) is 2.91. The van der Waals surface area contributed by atoms with Crippen LogP contribution >= 0.6 is 11.6 Å². The van der Waals surface area contributed by atoms with Crippen LogP contribution in [-0.2, 0) is 11.4 Å². The van der Waals surface area contributed by atoms with E-state index in [0.29, 0.717) is 27.6 Å². The Morgan fingerprint density at radius 1 is 1.16 bits per heavy atom. The van der Waals surface area contributed by atoms with E-state index >= 15 is 0 Å². The van der Waals surface area contributed by atoms with Crippen LogP contribution < -0.4 is 10.1 Å². The number of carbonyl (C=O) groups is 1. The Morgan fingerprint density at radius 3 is 2.68 bits per heavy atom. The van der Waals surface area contributed by atoms with Gasteiger partial charge in [-0.2, -0.15) is 5.26 Å². The number of amides is 1. The van der Waals surface area contributed by atoms with Gasteiger partial charge in [0.1, 0.15) is 29.8 Å². The van der Waals surface area contributed by atoms with Crippen molar-refractivity contribution < 1.29 is 13.9 Å². The molecule has 4 nitrogen and oxygen atoms in total. The smallest absolute Gasteiger partial charge is 0.266 e. The third-order valence-electron chi connectivity index (χ3n) is 4.83. The minimum absolute atomic E-state index is 0.00822. The molecule has 6 heteroatoms. The van der Waals surface area contributed by atoms with E-state index in [1.807, 2.05) is 32.0 Å². The molecule has 0 aliphatic carbocycles. The van der Waals surface area contributed by atoms with Crippen molar-refractivity contribution in [1.82, 2.24) is 0 Å². The lowest BCUT2D eigenvalue weighted by Gasteiger charge is -2.12. The number of hydrogen-bond acceptors (Lipinski definition) is 3. The second-order valence-corrected chi connectivity index (χ2v) is 7.37. The topological polar surface area (TPSA) is 62.1 Å². The maximum absolute atomic E-state index is 13.9. The zero-order valence-corrected chi connectivity index (χ0v) is 17.8. The molecule has 0 radical (unpaired) electrons. The number of rotatable bonds is 6. The molecule has 31 heavy (non-hydrogen) atoms. The van der Waals surface area contributed by atoms with Crippen molar-refractivity contribution in [2.75, 3.05) is 5.32 Å². The molecule has 0 aliphatic rings. The molecule has 3 aromatic carbocycles. The Balaban J connectivity index is 1.87. The van der Waals surface area contributed by atoms with Crippen molar-refractivity contribution in [3.8, 4) is 11.8 Å². The summed E-state index contributed by atoms with van der Waals surface area (Å²) in [5.41, 5.74) is 3.30. The first-order valence-electron chi connectivity index (χ1n) is 9.54. The summed E-state index contributed by atoms with van der Waals surface area (Å²) >= 11 is 6.11. The molecule has 0 bridgehead atoms. The molecule has 0 saturated heterocycles. The zero-order valence-electron chi connectivity index (χ0n) is 17.1. The monoisotopic (exact) mass is 434 g/mol. The molecule has 0 saturated carbocycles. The number of anilines is 1. The van der Waals surface area contributed by atoms with Crippen molar-refractivity contribution in [3.05, 3.63) is 99.3 Å². The fraction of sp³-hybridized carbons (Fsp3) is 0.120. The van der Waals surface area contributed by atoms with Gasteiger partial charge in [0.25, 0.3) is 5.91 Å². The average molecular weight is 435 g/mol. The number of halogens is 2. The molecule has 0 fully saturated rings. The van der Waals surface area contributed by atoms with Gasteiger partial charge in [-0.15, -0.1) is 0 Å². The molecule has 0 aromatic heterocycles. The van der Waals surface area contributed by atoms with Crippen LogP contribution in [0.1, 0.15) is 22.3 Å². The van der Waals surface area contributed by atoms with Gasteiger partial charge >= 0.3 is 0 Å². The molecule has 0 spiro atoms. The molecule has 0 unspecified atom stereocenters. The van der Waals surface area contributed by atoms with E-state index in [2.05, 4.69) is 5.32 Å². The van der Waals surface area contributed by atoms with Gasteiger partial charge in [-0.25, -0.2) is 4.39 Å². The quantitative estimate of drug-likeness (QED) is 0.370. The first-order chi connectivity index (χ1) is 14.9. The van der Waals surface area contributed by atoms with Crippen LogP contribution in [-0.4, -0.2) is 5.91 Å². The molecule has 1 N–H and O–H groups in total. The summed E-state index contributed by atoms with van der Waals surface area (Å²) in [4.78, 5) is 12.7. The first-order valence-corrected chi connectivity index (χ1v) is 9.92. The molecule has 0 atom stereocenters. The SMILES string of the molecule is Cc1cccc(NC(=O)/C(C#N)=C/c2cc(Cl)ccc2OCc2ccccc2F)c1C. The Hall–Kier alpha value is -3.62. The highest BCUT2D eigenvalue weighted by Crippen LogP contribution is 2.27. The van der Waals surface area contributed by atoms with Crippen LogP contribution in [0.25, 0.3) is 6.08 Å². The number of carbonyl (C=O) groups excluding carboxylic acids is 1. The average Bonchev–Trinajstić information content (AvgIpc) is 2.75. The molecular weight excluding hydrogens is 415 g/mol. The minimum atomic E-state index is -0.545. The zero-order chi connectivity index (χ0) is 22.4. The van der Waals surface area contributed by atoms with Crippen LogP contribution in [0.3, 0.4) is 0 Å². The Kier molecular flexibility index (Phi) is 7.07. The summed E-state index contributed by atoms with van der Waals surface area (Å²) < 4.78 is 19.6. The first kappa shape index (κ1) is 22.1. The highest BCUT2D eigenvalue weighted by Gasteiger charge is 2.14. The predicted octanol–water partition coefficient (Wildman–Crippen LogP) is 6.22. The highest BCUT2D eigenvalue weighted by molar-refractivity contribution is 6.30. The molecule has 1 amide bonds. The lowest BCUT2D eigenvalue weighted by Crippen LogP contribution is -2.14. The van der Waals surface area contributed by atoms with Gasteiger partial charge in [0.05, 0.1) is 0 Å². The predicted molar refractivity (Wildman–Crippen MR) is 120 cm³/mol. The second kappa shape index (κ2) is 9.92. The van der Waals surface area contributed by atoms with E-state index in [0.717, 1.165) is 11.1 Å². The molecule has 0 heterocycles. The van der Waals surface area contributed by atoms with Crippen molar-refractivity contribution >= 4 is 29.3 Å². The summed E-state index contributed by atoms with van der Waals surface area (Å²) in [5.74, 6) is -0.546. The molecule has 156 valence electrons. The van der Waals surface area contributed by atoms with Crippen LogP contribution in [0.15, 0.2) is 66.2 Å². The normalized spacial score (nSPS) is 11.0. The number of nitrogens with zero attached hydrogens (tertiary/aromatic N) is 1. The lowest BCUT2D eigenvalue weighted by atomic mass is 10.1. The Bertz CT molecular complexity index is 1200. The maximum atomic E-state index is 13.9.